The molecule has 1 N–H and O–H groups in total. The number of rotatable bonds is 4. The van der Waals surface area contributed by atoms with Crippen molar-refractivity contribution in [2.24, 2.45) is 0 Å². The zero-order valence-corrected chi connectivity index (χ0v) is 12.8. The highest BCUT2D eigenvalue weighted by atomic mass is 35.5. The molecule has 106 valence electrons. The van der Waals surface area contributed by atoms with E-state index in [0.29, 0.717) is 5.02 Å². The molecule has 2 aromatic rings. The Morgan fingerprint density at radius 2 is 2.20 bits per heavy atom. The Morgan fingerprint density at radius 1 is 1.45 bits per heavy atom. The minimum Gasteiger partial charge on any atom is -0.444 e. The molecule has 0 unspecified atom stereocenters. The van der Waals surface area contributed by atoms with Crippen molar-refractivity contribution in [3.63, 3.8) is 0 Å². The van der Waals surface area contributed by atoms with Gasteiger partial charge in [-0.1, -0.05) is 36.7 Å². The molecule has 0 saturated heterocycles. The van der Waals surface area contributed by atoms with Crippen LogP contribution in [-0.2, 0) is 17.8 Å². The van der Waals surface area contributed by atoms with Gasteiger partial charge in [0.25, 0.3) is 0 Å². The summed E-state index contributed by atoms with van der Waals surface area (Å²) in [7, 11) is 0. The Hall–Kier alpha value is -1.59. The number of benzene rings is 1. The maximum Gasteiger partial charge on any atom is 0.412 e. The number of halogens is 1. The first-order valence-electron chi connectivity index (χ1n) is 6.24. The zero-order valence-electron chi connectivity index (χ0n) is 11.3. The summed E-state index contributed by atoms with van der Waals surface area (Å²) in [6.45, 7) is 4.02. The summed E-state index contributed by atoms with van der Waals surface area (Å²) in [6, 6.07) is 7.27. The molecule has 0 aliphatic carbocycles. The largest absolute Gasteiger partial charge is 0.444 e. The average Bonchev–Trinajstić information content (AvgIpc) is 2.79. The molecule has 0 atom stereocenters. The van der Waals surface area contributed by atoms with Crippen LogP contribution in [0.4, 0.5) is 10.5 Å². The first-order chi connectivity index (χ1) is 9.61. The first kappa shape index (κ1) is 14.8. The molecule has 0 saturated carbocycles. The number of ether oxygens (including phenoxy) is 1. The fourth-order valence-corrected chi connectivity index (χ4v) is 2.66. The molecule has 20 heavy (non-hydrogen) atoms. The first-order valence-corrected chi connectivity index (χ1v) is 7.39. The lowest BCUT2D eigenvalue weighted by Gasteiger charge is -2.08. The number of amides is 1. The molecule has 0 fully saturated rings. The van der Waals surface area contributed by atoms with Crippen molar-refractivity contribution in [3.05, 3.63) is 45.4 Å². The number of aromatic nitrogens is 1. The highest BCUT2D eigenvalue weighted by Crippen LogP contribution is 2.25. The lowest BCUT2D eigenvalue weighted by molar-refractivity contribution is 0.155. The lowest BCUT2D eigenvalue weighted by Crippen LogP contribution is -2.14. The SMILES string of the molecule is CCc1snc(C)c1NC(=O)OCc1ccccc1Cl. The number of aryl methyl sites for hydroxylation is 2. The van der Waals surface area contributed by atoms with Crippen LogP contribution in [0.25, 0.3) is 0 Å². The van der Waals surface area contributed by atoms with E-state index in [2.05, 4.69) is 9.69 Å². The minimum atomic E-state index is -0.497. The smallest absolute Gasteiger partial charge is 0.412 e. The number of nitrogens with zero attached hydrogens (tertiary/aromatic N) is 1. The van der Waals surface area contributed by atoms with Crippen LogP contribution in [0.3, 0.4) is 0 Å². The van der Waals surface area contributed by atoms with Crippen LogP contribution in [0.15, 0.2) is 24.3 Å². The van der Waals surface area contributed by atoms with Crippen molar-refractivity contribution in [2.45, 2.75) is 26.9 Å². The Morgan fingerprint density at radius 3 is 2.90 bits per heavy atom. The van der Waals surface area contributed by atoms with Crippen molar-refractivity contribution in [1.82, 2.24) is 4.37 Å². The Bertz CT molecular complexity index is 613. The van der Waals surface area contributed by atoms with Gasteiger partial charge < -0.3 is 4.74 Å². The van der Waals surface area contributed by atoms with Gasteiger partial charge in [0.05, 0.1) is 11.4 Å². The van der Waals surface area contributed by atoms with Gasteiger partial charge in [-0.25, -0.2) is 4.79 Å². The van der Waals surface area contributed by atoms with E-state index >= 15 is 0 Å². The van der Waals surface area contributed by atoms with Gasteiger partial charge in [0.15, 0.2) is 0 Å². The van der Waals surface area contributed by atoms with Crippen molar-refractivity contribution in [1.29, 1.82) is 0 Å². The molecule has 0 spiro atoms. The van der Waals surface area contributed by atoms with Crippen molar-refractivity contribution in [2.75, 3.05) is 5.32 Å². The summed E-state index contributed by atoms with van der Waals surface area (Å²) in [5, 5.41) is 3.33. The topological polar surface area (TPSA) is 51.2 Å². The standard InChI is InChI=1S/C14H15ClN2O2S/c1-3-12-13(9(2)17-20-12)16-14(18)19-8-10-6-4-5-7-11(10)15/h4-7H,3,8H2,1-2H3,(H,16,18). The zero-order chi connectivity index (χ0) is 14.5. The van der Waals surface area contributed by atoms with Crippen LogP contribution >= 0.6 is 23.1 Å². The fourth-order valence-electron chi connectivity index (χ4n) is 1.72. The third kappa shape index (κ3) is 3.49. The van der Waals surface area contributed by atoms with Gasteiger partial charge in [-0.15, -0.1) is 0 Å². The van der Waals surface area contributed by atoms with Gasteiger partial charge in [-0.3, -0.25) is 5.32 Å². The summed E-state index contributed by atoms with van der Waals surface area (Å²) in [5.41, 5.74) is 2.34. The summed E-state index contributed by atoms with van der Waals surface area (Å²) in [6.07, 6.45) is 0.328. The van der Waals surface area contributed by atoms with Crippen molar-refractivity contribution in [3.8, 4) is 0 Å². The molecule has 4 nitrogen and oxygen atoms in total. The lowest BCUT2D eigenvalue weighted by atomic mass is 10.2. The molecule has 1 aromatic carbocycles. The Kier molecular flexibility index (Phi) is 4.98. The fraction of sp³-hybridized carbons (Fsp3) is 0.286. The second kappa shape index (κ2) is 6.72. The second-order valence-corrected chi connectivity index (χ2v) is 5.48. The van der Waals surface area contributed by atoms with Gasteiger partial charge in [0, 0.05) is 15.5 Å². The maximum absolute atomic E-state index is 11.8. The molecule has 0 bridgehead atoms. The monoisotopic (exact) mass is 310 g/mol. The second-order valence-electron chi connectivity index (χ2n) is 4.21. The number of hydrogen-bond acceptors (Lipinski definition) is 4. The number of carbonyl (C=O) groups excluding carboxylic acids is 1. The average molecular weight is 311 g/mol. The highest BCUT2D eigenvalue weighted by Gasteiger charge is 2.13. The van der Waals surface area contributed by atoms with Gasteiger partial charge >= 0.3 is 6.09 Å². The van der Waals surface area contributed by atoms with E-state index in [1.165, 1.54) is 11.5 Å². The molecule has 6 heteroatoms. The van der Waals surface area contributed by atoms with Crippen LogP contribution in [0.2, 0.25) is 5.02 Å². The molecule has 1 amide bonds. The Labute approximate surface area is 126 Å². The Balaban J connectivity index is 1.96. The van der Waals surface area contributed by atoms with E-state index in [1.54, 1.807) is 6.07 Å². The van der Waals surface area contributed by atoms with Crippen molar-refractivity contribution >= 4 is 34.9 Å². The van der Waals surface area contributed by atoms with E-state index in [1.807, 2.05) is 32.0 Å². The maximum atomic E-state index is 11.8. The highest BCUT2D eigenvalue weighted by molar-refractivity contribution is 7.06. The van der Waals surface area contributed by atoms with Gasteiger partial charge in [0.2, 0.25) is 0 Å². The number of carbonyl (C=O) groups is 1. The third-order valence-corrected chi connectivity index (χ3v) is 4.25. The van der Waals surface area contributed by atoms with Crippen LogP contribution in [0.5, 0.6) is 0 Å². The molecular weight excluding hydrogens is 296 g/mol. The van der Waals surface area contributed by atoms with Gasteiger partial charge in [0.1, 0.15) is 6.61 Å². The van der Waals surface area contributed by atoms with Crippen LogP contribution in [0, 0.1) is 6.92 Å². The van der Waals surface area contributed by atoms with Crippen LogP contribution < -0.4 is 5.32 Å². The summed E-state index contributed by atoms with van der Waals surface area (Å²) in [4.78, 5) is 12.9. The van der Waals surface area contributed by atoms with Crippen LogP contribution in [0.1, 0.15) is 23.1 Å². The summed E-state index contributed by atoms with van der Waals surface area (Å²) < 4.78 is 9.40. The van der Waals surface area contributed by atoms with Crippen LogP contribution in [-0.4, -0.2) is 10.5 Å². The molecule has 0 aliphatic rings. The van der Waals surface area contributed by atoms with Gasteiger partial charge in [-0.2, -0.15) is 4.37 Å². The normalized spacial score (nSPS) is 10.3. The predicted molar refractivity (Wildman–Crippen MR) is 81.5 cm³/mol. The molecule has 2 rings (SSSR count). The van der Waals surface area contributed by atoms with Gasteiger partial charge in [-0.05, 0) is 30.9 Å². The summed E-state index contributed by atoms with van der Waals surface area (Å²) >= 11 is 7.40. The summed E-state index contributed by atoms with van der Waals surface area (Å²) in [5.74, 6) is 0. The molecule has 1 heterocycles. The van der Waals surface area contributed by atoms with E-state index < -0.39 is 6.09 Å². The van der Waals surface area contributed by atoms with E-state index in [-0.39, 0.29) is 6.61 Å². The molecule has 0 radical (unpaired) electrons. The molecular formula is C14H15ClN2O2S. The van der Waals surface area contributed by atoms with E-state index in [0.717, 1.165) is 28.2 Å². The van der Waals surface area contributed by atoms with Crippen molar-refractivity contribution < 1.29 is 9.53 Å². The molecule has 0 aliphatic heterocycles. The third-order valence-electron chi connectivity index (χ3n) is 2.80. The quantitative estimate of drug-likeness (QED) is 0.909. The van der Waals surface area contributed by atoms with E-state index in [4.69, 9.17) is 16.3 Å². The number of nitrogens with one attached hydrogen (secondary N) is 1. The number of hydrogen-bond donors (Lipinski definition) is 1. The van der Waals surface area contributed by atoms with E-state index in [9.17, 15) is 4.79 Å². The minimum absolute atomic E-state index is 0.142. The predicted octanol–water partition coefficient (Wildman–Crippen LogP) is 4.42. The molecule has 1 aromatic heterocycles. The number of anilines is 1.